The largest absolute Gasteiger partial charge is 0.435 e. The molecular formula is C20H10BrF9N2O2S. The number of rotatable bonds is 5. The Morgan fingerprint density at radius 1 is 1.00 bits per heavy atom. The monoisotopic (exact) mass is 592 g/mol. The normalized spacial score (nSPS) is 12.9. The first-order valence-corrected chi connectivity index (χ1v) is 10.7. The van der Waals surface area contributed by atoms with E-state index in [1.807, 2.05) is 0 Å². The highest BCUT2D eigenvalue weighted by molar-refractivity contribution is 9.10. The average molecular weight is 593 g/mol. The minimum atomic E-state index is -6.51. The van der Waals surface area contributed by atoms with Gasteiger partial charge in [0.25, 0.3) is 11.7 Å². The van der Waals surface area contributed by atoms with Crippen molar-refractivity contribution in [3.05, 3.63) is 64.3 Å². The molecule has 3 rings (SSSR count). The fraction of sp³-hybridized carbons (Fsp3) is 0.200. The molecule has 0 atom stereocenters. The topological polar surface area (TPSA) is 53.4 Å². The summed E-state index contributed by atoms with van der Waals surface area (Å²) in [4.78, 5) is 15.6. The van der Waals surface area contributed by atoms with E-state index in [0.29, 0.717) is 10.9 Å². The van der Waals surface area contributed by atoms with Crippen molar-refractivity contribution in [2.75, 3.05) is 5.06 Å². The van der Waals surface area contributed by atoms with Crippen LogP contribution >= 0.6 is 27.7 Å². The van der Waals surface area contributed by atoms with Crippen LogP contribution in [0.5, 0.6) is 0 Å². The zero-order valence-electron chi connectivity index (χ0n) is 16.6. The molecule has 0 fully saturated rings. The number of thioether (sulfide) groups is 1. The Morgan fingerprint density at radius 2 is 1.63 bits per heavy atom. The van der Waals surface area contributed by atoms with Crippen molar-refractivity contribution in [2.24, 2.45) is 0 Å². The fourth-order valence-corrected chi connectivity index (χ4v) is 4.53. The van der Waals surface area contributed by atoms with Crippen LogP contribution in [0.4, 0.5) is 45.2 Å². The third-order valence-corrected chi connectivity index (χ3v) is 6.03. The number of fused-ring (bicyclic) bond motifs is 1. The van der Waals surface area contributed by atoms with Gasteiger partial charge in [0.2, 0.25) is 0 Å². The van der Waals surface area contributed by atoms with Crippen LogP contribution in [0.2, 0.25) is 0 Å². The number of halogens is 10. The van der Waals surface area contributed by atoms with Crippen molar-refractivity contribution in [1.82, 2.24) is 4.98 Å². The van der Waals surface area contributed by atoms with E-state index in [2.05, 4.69) is 20.9 Å². The summed E-state index contributed by atoms with van der Waals surface area (Å²) in [5.74, 6) is -4.70. The maximum atomic E-state index is 14.5. The maximum Gasteiger partial charge on any atom is 0.435 e. The summed E-state index contributed by atoms with van der Waals surface area (Å²) in [6.45, 7) is 0. The molecule has 0 spiro atoms. The number of amides is 1. The van der Waals surface area contributed by atoms with Crippen molar-refractivity contribution in [1.29, 1.82) is 0 Å². The summed E-state index contributed by atoms with van der Waals surface area (Å²) >= 11 is 1.97. The average Bonchev–Trinajstić information content (AvgIpc) is 2.75. The summed E-state index contributed by atoms with van der Waals surface area (Å²) < 4.78 is 119. The molecule has 1 amide bonds. The van der Waals surface area contributed by atoms with E-state index in [1.54, 1.807) is 12.1 Å². The van der Waals surface area contributed by atoms with Crippen LogP contribution in [0.25, 0.3) is 10.9 Å². The van der Waals surface area contributed by atoms with Crippen molar-refractivity contribution in [3.63, 3.8) is 0 Å². The first kappa shape index (κ1) is 27.1. The van der Waals surface area contributed by atoms with Crippen LogP contribution in [0.3, 0.4) is 0 Å². The molecule has 0 radical (unpaired) electrons. The number of pyridine rings is 1. The SMILES string of the molecule is O=C(c1ccc2cccnc2c1)N(O)c1c(Br)cc(C(F)(C(F)(F)F)C(F)(F)F)cc1SC(F)F. The van der Waals surface area contributed by atoms with E-state index in [0.717, 1.165) is 0 Å². The highest BCUT2D eigenvalue weighted by atomic mass is 79.9. The third kappa shape index (κ3) is 5.07. The molecule has 1 N–H and O–H groups in total. The minimum Gasteiger partial charge on any atom is -0.281 e. The van der Waals surface area contributed by atoms with Gasteiger partial charge in [-0.05, 0) is 46.3 Å². The molecule has 0 unspecified atom stereocenters. The molecule has 4 nitrogen and oxygen atoms in total. The van der Waals surface area contributed by atoms with Gasteiger partial charge in [0, 0.05) is 32.1 Å². The molecule has 0 aliphatic heterocycles. The van der Waals surface area contributed by atoms with E-state index in [1.165, 1.54) is 24.4 Å². The molecule has 35 heavy (non-hydrogen) atoms. The first-order valence-electron chi connectivity index (χ1n) is 9.07. The quantitative estimate of drug-likeness (QED) is 0.143. The number of aromatic nitrogens is 1. The Labute approximate surface area is 202 Å². The molecule has 0 aliphatic rings. The molecule has 1 heterocycles. The molecule has 0 saturated heterocycles. The van der Waals surface area contributed by atoms with Crippen LogP contribution in [0.15, 0.2) is 58.0 Å². The Balaban J connectivity index is 2.16. The predicted molar refractivity (Wildman–Crippen MR) is 111 cm³/mol. The maximum absolute atomic E-state index is 14.5. The van der Waals surface area contributed by atoms with Gasteiger partial charge in [-0.25, -0.2) is 4.39 Å². The van der Waals surface area contributed by atoms with E-state index >= 15 is 0 Å². The second-order valence-corrected chi connectivity index (χ2v) is 8.75. The van der Waals surface area contributed by atoms with Gasteiger partial charge >= 0.3 is 18.0 Å². The van der Waals surface area contributed by atoms with E-state index in [-0.39, 0.29) is 22.8 Å². The van der Waals surface area contributed by atoms with Gasteiger partial charge < -0.3 is 0 Å². The molecule has 188 valence electrons. The predicted octanol–water partition coefficient (Wildman–Crippen LogP) is 7.64. The number of hydrogen-bond acceptors (Lipinski definition) is 4. The van der Waals surface area contributed by atoms with Gasteiger partial charge in [-0.3, -0.25) is 15.0 Å². The van der Waals surface area contributed by atoms with Crippen molar-refractivity contribution in [2.45, 2.75) is 28.7 Å². The van der Waals surface area contributed by atoms with Gasteiger partial charge in [0.1, 0.15) is 5.69 Å². The minimum absolute atomic E-state index is 0.00426. The lowest BCUT2D eigenvalue weighted by Gasteiger charge is -2.31. The molecule has 0 saturated carbocycles. The highest BCUT2D eigenvalue weighted by Gasteiger charge is 2.73. The van der Waals surface area contributed by atoms with Crippen LogP contribution in [0, 0.1) is 0 Å². The summed E-state index contributed by atoms with van der Waals surface area (Å²) in [5.41, 5.74) is -8.87. The Hall–Kier alpha value is -2.52. The molecule has 0 aliphatic carbocycles. The van der Waals surface area contributed by atoms with Gasteiger partial charge in [0.15, 0.2) is 0 Å². The first-order chi connectivity index (χ1) is 16.1. The second-order valence-electron chi connectivity index (χ2n) is 6.87. The summed E-state index contributed by atoms with van der Waals surface area (Å²) in [5, 5.41) is 10.8. The van der Waals surface area contributed by atoms with Crippen molar-refractivity contribution >= 4 is 50.2 Å². The number of anilines is 1. The van der Waals surface area contributed by atoms with Gasteiger partial charge in [-0.2, -0.15) is 40.2 Å². The lowest BCUT2D eigenvalue weighted by Crippen LogP contribution is -2.50. The number of nitrogens with zero attached hydrogens (tertiary/aromatic N) is 2. The molecule has 15 heteroatoms. The Bertz CT molecular complexity index is 1250. The smallest absolute Gasteiger partial charge is 0.281 e. The van der Waals surface area contributed by atoms with E-state index in [9.17, 15) is 49.5 Å². The Morgan fingerprint density at radius 3 is 2.20 bits per heavy atom. The van der Waals surface area contributed by atoms with Crippen molar-refractivity contribution < 1.29 is 49.5 Å². The Kier molecular flexibility index (Phi) is 7.35. The summed E-state index contributed by atoms with van der Waals surface area (Å²) in [6.07, 6.45) is -11.6. The molecular weight excluding hydrogens is 583 g/mol. The number of alkyl halides is 9. The van der Waals surface area contributed by atoms with Crippen LogP contribution < -0.4 is 5.06 Å². The number of hydroxylamine groups is 1. The zero-order chi connectivity index (χ0) is 26.3. The number of hydrogen-bond donors (Lipinski definition) is 1. The number of carbonyl (C=O) groups is 1. The molecule has 3 aromatic rings. The summed E-state index contributed by atoms with van der Waals surface area (Å²) in [7, 11) is 0. The lowest BCUT2D eigenvalue weighted by molar-refractivity contribution is -0.348. The third-order valence-electron chi connectivity index (χ3n) is 4.68. The standard InChI is InChI=1S/C20H10BrF9N2O2S/c21-12-7-11(18(24,19(25,26)27)20(28,29)30)8-14(35-17(22)23)15(12)32(34)16(33)10-4-3-9-2-1-5-31-13(9)6-10/h1-8,17,34H. The van der Waals surface area contributed by atoms with Crippen LogP contribution in [0.1, 0.15) is 15.9 Å². The van der Waals surface area contributed by atoms with Crippen molar-refractivity contribution in [3.8, 4) is 0 Å². The van der Waals surface area contributed by atoms with Gasteiger partial charge in [0.05, 0.1) is 5.52 Å². The van der Waals surface area contributed by atoms with E-state index in [4.69, 9.17) is 0 Å². The highest BCUT2D eigenvalue weighted by Crippen LogP contribution is 2.55. The van der Waals surface area contributed by atoms with Gasteiger partial charge in [-0.1, -0.05) is 23.9 Å². The second kappa shape index (κ2) is 9.50. The molecule has 1 aromatic heterocycles. The van der Waals surface area contributed by atoms with Crippen LogP contribution in [-0.2, 0) is 5.67 Å². The molecule has 2 aromatic carbocycles. The van der Waals surface area contributed by atoms with E-state index < -0.39 is 62.1 Å². The number of benzene rings is 2. The zero-order valence-corrected chi connectivity index (χ0v) is 19.0. The van der Waals surface area contributed by atoms with Crippen LogP contribution in [-0.4, -0.2) is 34.2 Å². The number of carbonyl (C=O) groups excluding carboxylic acids is 1. The summed E-state index contributed by atoms with van der Waals surface area (Å²) in [6, 6.07) is 6.97. The lowest BCUT2D eigenvalue weighted by atomic mass is 9.94. The van der Waals surface area contributed by atoms with Gasteiger partial charge in [-0.15, -0.1) is 0 Å². The molecule has 0 bridgehead atoms. The fourth-order valence-electron chi connectivity index (χ4n) is 3.08.